The zero-order valence-electron chi connectivity index (χ0n) is 14.3. The molecule has 0 atom stereocenters. The molecule has 1 amide bonds. The van der Waals surface area contributed by atoms with Gasteiger partial charge in [-0.2, -0.15) is 0 Å². The molecule has 1 fully saturated rings. The fourth-order valence-electron chi connectivity index (χ4n) is 2.84. The summed E-state index contributed by atoms with van der Waals surface area (Å²) >= 11 is 0. The van der Waals surface area contributed by atoms with Crippen molar-refractivity contribution in [3.63, 3.8) is 0 Å². The van der Waals surface area contributed by atoms with Gasteiger partial charge in [-0.15, -0.1) is 0 Å². The Kier molecular flexibility index (Phi) is 5.73. The summed E-state index contributed by atoms with van der Waals surface area (Å²) in [5.74, 6) is 0.857. The third-order valence-electron chi connectivity index (χ3n) is 4.32. The van der Waals surface area contributed by atoms with E-state index in [1.165, 1.54) is 0 Å². The number of ether oxygens (including phenoxy) is 2. The lowest BCUT2D eigenvalue weighted by atomic mass is 10.1. The summed E-state index contributed by atoms with van der Waals surface area (Å²) < 4.78 is 11.4. The Balaban J connectivity index is 1.43. The highest BCUT2D eigenvalue weighted by atomic mass is 16.6. The van der Waals surface area contributed by atoms with Crippen molar-refractivity contribution in [1.82, 2.24) is 4.90 Å². The Morgan fingerprint density at radius 2 is 1.76 bits per heavy atom. The zero-order valence-corrected chi connectivity index (χ0v) is 14.3. The van der Waals surface area contributed by atoms with Crippen LogP contribution in [-0.4, -0.2) is 30.2 Å². The second-order valence-corrected chi connectivity index (χ2v) is 6.12. The van der Waals surface area contributed by atoms with Crippen LogP contribution in [0.4, 0.5) is 4.79 Å². The van der Waals surface area contributed by atoms with Gasteiger partial charge in [-0.25, -0.2) is 4.79 Å². The molecule has 1 aliphatic rings. The van der Waals surface area contributed by atoms with E-state index in [0.717, 1.165) is 29.7 Å². The normalized spacial score (nSPS) is 14.8. The molecule has 0 bridgehead atoms. The first-order valence-electron chi connectivity index (χ1n) is 8.59. The molecule has 25 heavy (non-hydrogen) atoms. The SMILES string of the molecule is C=Cc1ccc(OC2CCN(C(=O)OCc3ccccc3)CC2)cc1. The molecule has 0 unspecified atom stereocenters. The van der Waals surface area contributed by atoms with Crippen LogP contribution in [0.5, 0.6) is 5.75 Å². The van der Waals surface area contributed by atoms with E-state index in [9.17, 15) is 4.79 Å². The van der Waals surface area contributed by atoms with E-state index in [-0.39, 0.29) is 12.2 Å². The molecule has 1 saturated heterocycles. The molecule has 1 heterocycles. The largest absolute Gasteiger partial charge is 0.490 e. The van der Waals surface area contributed by atoms with Crippen LogP contribution in [0.2, 0.25) is 0 Å². The van der Waals surface area contributed by atoms with Crippen LogP contribution in [0.1, 0.15) is 24.0 Å². The van der Waals surface area contributed by atoms with Gasteiger partial charge in [-0.3, -0.25) is 0 Å². The van der Waals surface area contributed by atoms with Gasteiger partial charge in [0.2, 0.25) is 0 Å². The van der Waals surface area contributed by atoms with Crippen LogP contribution < -0.4 is 4.74 Å². The number of hydrogen-bond donors (Lipinski definition) is 0. The molecule has 4 heteroatoms. The number of likely N-dealkylation sites (tertiary alicyclic amines) is 1. The van der Waals surface area contributed by atoms with Crippen LogP contribution in [0.25, 0.3) is 6.08 Å². The summed E-state index contributed by atoms with van der Waals surface area (Å²) in [6, 6.07) is 17.6. The second kappa shape index (κ2) is 8.38. The summed E-state index contributed by atoms with van der Waals surface area (Å²) in [6.45, 7) is 5.37. The number of carbonyl (C=O) groups is 1. The maximum atomic E-state index is 12.2. The van der Waals surface area contributed by atoms with Crippen LogP contribution >= 0.6 is 0 Å². The highest BCUT2D eigenvalue weighted by Gasteiger charge is 2.24. The first-order valence-corrected chi connectivity index (χ1v) is 8.59. The first kappa shape index (κ1) is 17.1. The average Bonchev–Trinajstić information content (AvgIpc) is 2.68. The Morgan fingerprint density at radius 1 is 1.08 bits per heavy atom. The summed E-state index contributed by atoms with van der Waals surface area (Å²) in [6.07, 6.45) is 3.31. The Morgan fingerprint density at radius 3 is 2.40 bits per heavy atom. The number of nitrogens with zero attached hydrogens (tertiary/aromatic N) is 1. The quantitative estimate of drug-likeness (QED) is 0.806. The van der Waals surface area contributed by atoms with Crippen molar-refractivity contribution in [3.05, 3.63) is 72.3 Å². The third-order valence-corrected chi connectivity index (χ3v) is 4.32. The van der Waals surface area contributed by atoms with Gasteiger partial charge in [0.1, 0.15) is 18.5 Å². The van der Waals surface area contributed by atoms with Crippen LogP contribution in [0.15, 0.2) is 61.2 Å². The molecule has 3 rings (SSSR count). The number of hydrogen-bond acceptors (Lipinski definition) is 3. The lowest BCUT2D eigenvalue weighted by molar-refractivity contribution is 0.0638. The van der Waals surface area contributed by atoms with Gasteiger partial charge in [0.15, 0.2) is 0 Å². The predicted molar refractivity (Wildman–Crippen MR) is 98.4 cm³/mol. The minimum Gasteiger partial charge on any atom is -0.490 e. The van der Waals surface area contributed by atoms with Crippen molar-refractivity contribution >= 4 is 12.2 Å². The molecule has 0 N–H and O–H groups in total. The van der Waals surface area contributed by atoms with Gasteiger partial charge in [0, 0.05) is 25.9 Å². The zero-order chi connectivity index (χ0) is 17.5. The first-order chi connectivity index (χ1) is 12.2. The molecule has 0 aromatic heterocycles. The molecular weight excluding hydrogens is 314 g/mol. The Hall–Kier alpha value is -2.75. The average molecular weight is 337 g/mol. The van der Waals surface area contributed by atoms with Gasteiger partial charge in [0.05, 0.1) is 0 Å². The van der Waals surface area contributed by atoms with E-state index in [4.69, 9.17) is 9.47 Å². The fourth-order valence-corrected chi connectivity index (χ4v) is 2.84. The molecule has 0 saturated carbocycles. The van der Waals surface area contributed by atoms with Gasteiger partial charge in [0.25, 0.3) is 0 Å². The smallest absolute Gasteiger partial charge is 0.410 e. The lowest BCUT2D eigenvalue weighted by Crippen LogP contribution is -2.42. The van der Waals surface area contributed by atoms with E-state index in [0.29, 0.717) is 19.7 Å². The van der Waals surface area contributed by atoms with E-state index in [1.807, 2.05) is 60.7 Å². The molecular formula is C21H23NO3. The Labute approximate surface area is 148 Å². The van der Waals surface area contributed by atoms with Gasteiger partial charge >= 0.3 is 6.09 Å². The van der Waals surface area contributed by atoms with Crippen molar-refractivity contribution in [2.24, 2.45) is 0 Å². The van der Waals surface area contributed by atoms with Crippen molar-refractivity contribution in [2.45, 2.75) is 25.6 Å². The van der Waals surface area contributed by atoms with Crippen molar-refractivity contribution < 1.29 is 14.3 Å². The maximum absolute atomic E-state index is 12.2. The standard InChI is InChI=1S/C21H23NO3/c1-2-17-8-10-19(11-9-17)25-20-12-14-22(15-13-20)21(23)24-16-18-6-4-3-5-7-18/h2-11,20H,1,12-16H2. The summed E-state index contributed by atoms with van der Waals surface area (Å²) in [7, 11) is 0. The fraction of sp³-hybridized carbons (Fsp3) is 0.286. The maximum Gasteiger partial charge on any atom is 0.410 e. The number of amides is 1. The predicted octanol–water partition coefficient (Wildman–Crippen LogP) is 4.51. The summed E-state index contributed by atoms with van der Waals surface area (Å²) in [5.41, 5.74) is 2.07. The van der Waals surface area contributed by atoms with Crippen molar-refractivity contribution in [2.75, 3.05) is 13.1 Å². The Bertz CT molecular complexity index is 689. The van der Waals surface area contributed by atoms with Gasteiger partial charge < -0.3 is 14.4 Å². The molecule has 0 spiro atoms. The van der Waals surface area contributed by atoms with E-state index in [1.54, 1.807) is 4.90 Å². The second-order valence-electron chi connectivity index (χ2n) is 6.12. The van der Waals surface area contributed by atoms with Crippen molar-refractivity contribution in [3.8, 4) is 5.75 Å². The molecule has 130 valence electrons. The van der Waals surface area contributed by atoms with Crippen molar-refractivity contribution in [1.29, 1.82) is 0 Å². The van der Waals surface area contributed by atoms with E-state index < -0.39 is 0 Å². The molecule has 4 nitrogen and oxygen atoms in total. The minimum absolute atomic E-state index is 0.132. The van der Waals surface area contributed by atoms with Crippen LogP contribution in [0, 0.1) is 0 Å². The van der Waals surface area contributed by atoms with E-state index in [2.05, 4.69) is 6.58 Å². The molecule has 0 aliphatic carbocycles. The number of piperidine rings is 1. The highest BCUT2D eigenvalue weighted by molar-refractivity contribution is 5.67. The molecule has 0 radical (unpaired) electrons. The summed E-state index contributed by atoms with van der Waals surface area (Å²) in [5, 5.41) is 0. The summed E-state index contributed by atoms with van der Waals surface area (Å²) in [4.78, 5) is 13.9. The molecule has 2 aromatic carbocycles. The van der Waals surface area contributed by atoms with E-state index >= 15 is 0 Å². The lowest BCUT2D eigenvalue weighted by Gasteiger charge is -2.31. The van der Waals surface area contributed by atoms with Crippen LogP contribution in [0.3, 0.4) is 0 Å². The molecule has 2 aromatic rings. The highest BCUT2D eigenvalue weighted by Crippen LogP contribution is 2.20. The van der Waals surface area contributed by atoms with Crippen LogP contribution in [-0.2, 0) is 11.3 Å². The monoisotopic (exact) mass is 337 g/mol. The topological polar surface area (TPSA) is 38.8 Å². The molecule has 1 aliphatic heterocycles. The van der Waals surface area contributed by atoms with Gasteiger partial charge in [-0.05, 0) is 23.3 Å². The number of benzene rings is 2. The third kappa shape index (κ3) is 4.86. The van der Waals surface area contributed by atoms with Gasteiger partial charge in [-0.1, -0.05) is 55.1 Å². The minimum atomic E-state index is -0.252. The number of rotatable bonds is 5. The number of carbonyl (C=O) groups excluding carboxylic acids is 1.